The van der Waals surface area contributed by atoms with Gasteiger partial charge >= 0.3 is 5.97 Å². The third kappa shape index (κ3) is 2.69. The van der Waals surface area contributed by atoms with Crippen molar-refractivity contribution in [2.75, 3.05) is 19.7 Å². The highest BCUT2D eigenvalue weighted by Gasteiger charge is 2.38. The summed E-state index contributed by atoms with van der Waals surface area (Å²) in [5, 5.41) is 9.05. The zero-order chi connectivity index (χ0) is 12.5. The molecule has 1 saturated heterocycles. The van der Waals surface area contributed by atoms with Crippen LogP contribution in [0.4, 0.5) is 0 Å². The highest BCUT2D eigenvalue weighted by atomic mass is 16.5. The van der Waals surface area contributed by atoms with Crippen LogP contribution in [-0.4, -0.2) is 47.8 Å². The highest BCUT2D eigenvalue weighted by molar-refractivity contribution is 5.72. The molecule has 0 radical (unpaired) electrons. The zero-order valence-electron chi connectivity index (χ0n) is 10.9. The smallest absolute Gasteiger partial charge is 0.334 e. The van der Waals surface area contributed by atoms with Crippen molar-refractivity contribution in [1.29, 1.82) is 0 Å². The normalized spacial score (nSPS) is 38.6. The minimum absolute atomic E-state index is 0.571. The van der Waals surface area contributed by atoms with E-state index in [1.54, 1.807) is 0 Å². The van der Waals surface area contributed by atoms with Gasteiger partial charge in [-0.3, -0.25) is 4.90 Å². The van der Waals surface area contributed by atoms with Crippen molar-refractivity contribution in [3.8, 4) is 0 Å². The fourth-order valence-electron chi connectivity index (χ4n) is 3.68. The molecule has 2 aliphatic carbocycles. The lowest BCUT2D eigenvalue weighted by Gasteiger charge is -2.41. The largest absolute Gasteiger partial charge is 0.479 e. The van der Waals surface area contributed by atoms with Crippen LogP contribution in [0.1, 0.15) is 38.5 Å². The molecule has 102 valence electrons. The maximum absolute atomic E-state index is 11.0. The first kappa shape index (κ1) is 12.4. The quantitative estimate of drug-likeness (QED) is 0.832. The maximum atomic E-state index is 11.0. The van der Waals surface area contributed by atoms with Gasteiger partial charge in [0.05, 0.1) is 6.61 Å². The molecule has 0 aromatic heterocycles. The first-order valence-corrected chi connectivity index (χ1v) is 7.32. The van der Waals surface area contributed by atoms with Gasteiger partial charge in [0.25, 0.3) is 0 Å². The van der Waals surface area contributed by atoms with E-state index in [-0.39, 0.29) is 0 Å². The highest BCUT2D eigenvalue weighted by Crippen LogP contribution is 2.44. The number of hydrogen-bond acceptors (Lipinski definition) is 3. The molecule has 0 aromatic rings. The van der Waals surface area contributed by atoms with Crippen LogP contribution in [0.15, 0.2) is 0 Å². The number of nitrogens with zero attached hydrogens (tertiary/aromatic N) is 1. The van der Waals surface area contributed by atoms with Gasteiger partial charge < -0.3 is 9.84 Å². The number of hydrogen-bond donors (Lipinski definition) is 1. The second kappa shape index (κ2) is 5.17. The van der Waals surface area contributed by atoms with Gasteiger partial charge in [-0.2, -0.15) is 0 Å². The van der Waals surface area contributed by atoms with E-state index in [4.69, 9.17) is 9.84 Å². The van der Waals surface area contributed by atoms with Crippen molar-refractivity contribution in [1.82, 2.24) is 4.90 Å². The molecule has 3 atom stereocenters. The lowest BCUT2D eigenvalue weighted by atomic mass is 9.82. The van der Waals surface area contributed by atoms with Crippen molar-refractivity contribution in [2.24, 2.45) is 11.8 Å². The van der Waals surface area contributed by atoms with Crippen LogP contribution in [0, 0.1) is 11.8 Å². The van der Waals surface area contributed by atoms with Gasteiger partial charge in [-0.15, -0.1) is 0 Å². The first-order valence-electron chi connectivity index (χ1n) is 7.32. The Morgan fingerprint density at radius 3 is 2.72 bits per heavy atom. The summed E-state index contributed by atoms with van der Waals surface area (Å²) in [5.41, 5.74) is 0. The van der Waals surface area contributed by atoms with Crippen molar-refractivity contribution in [3.63, 3.8) is 0 Å². The van der Waals surface area contributed by atoms with Gasteiger partial charge in [0.1, 0.15) is 0 Å². The molecule has 0 bridgehead atoms. The molecule has 1 heterocycles. The van der Waals surface area contributed by atoms with Crippen molar-refractivity contribution < 1.29 is 14.6 Å². The van der Waals surface area contributed by atoms with Gasteiger partial charge in [-0.05, 0) is 37.5 Å². The van der Waals surface area contributed by atoms with Gasteiger partial charge in [-0.1, -0.05) is 12.8 Å². The number of rotatable bonds is 3. The van der Waals surface area contributed by atoms with Crippen LogP contribution in [0.3, 0.4) is 0 Å². The molecule has 4 nitrogen and oxygen atoms in total. The number of carboxylic acids is 1. The Hall–Kier alpha value is -0.610. The predicted molar refractivity (Wildman–Crippen MR) is 67.4 cm³/mol. The fraction of sp³-hybridized carbons (Fsp3) is 0.929. The second-order valence-electron chi connectivity index (χ2n) is 6.11. The molecule has 3 aliphatic rings. The molecule has 18 heavy (non-hydrogen) atoms. The topological polar surface area (TPSA) is 49.8 Å². The molecule has 2 saturated carbocycles. The molecule has 0 amide bonds. The summed E-state index contributed by atoms with van der Waals surface area (Å²) in [6.45, 7) is 2.06. The minimum Gasteiger partial charge on any atom is -0.479 e. The third-order valence-electron chi connectivity index (χ3n) is 4.87. The molecule has 1 N–H and O–H groups in total. The van der Waals surface area contributed by atoms with Crippen LogP contribution in [0.5, 0.6) is 0 Å². The Kier molecular flexibility index (Phi) is 3.57. The van der Waals surface area contributed by atoms with E-state index in [9.17, 15) is 4.79 Å². The number of carboxylic acid groups (broad SMARTS) is 1. The summed E-state index contributed by atoms with van der Waals surface area (Å²) in [5.74, 6) is 1.09. The first-order chi connectivity index (χ1) is 8.74. The van der Waals surface area contributed by atoms with E-state index in [0.29, 0.717) is 19.2 Å². The average Bonchev–Trinajstić information content (AvgIpc) is 3.23. The van der Waals surface area contributed by atoms with Crippen LogP contribution in [0.2, 0.25) is 0 Å². The molecule has 3 unspecified atom stereocenters. The zero-order valence-corrected chi connectivity index (χ0v) is 10.9. The van der Waals surface area contributed by atoms with Gasteiger partial charge in [0.15, 0.2) is 6.10 Å². The molecule has 3 rings (SSSR count). The molecule has 0 aromatic carbocycles. The SMILES string of the molecule is O=C(O)C1CN(C2CCCC(C3CC3)C2)CCO1. The summed E-state index contributed by atoms with van der Waals surface area (Å²) >= 11 is 0. The standard InChI is InChI=1S/C14H23NO3/c16-14(17)13-9-15(6-7-18-13)12-3-1-2-11(8-12)10-4-5-10/h10-13H,1-9H2,(H,16,17). The van der Waals surface area contributed by atoms with E-state index < -0.39 is 12.1 Å². The van der Waals surface area contributed by atoms with Crippen molar-refractivity contribution in [3.05, 3.63) is 0 Å². The summed E-state index contributed by atoms with van der Waals surface area (Å²) in [7, 11) is 0. The summed E-state index contributed by atoms with van der Waals surface area (Å²) < 4.78 is 5.31. The van der Waals surface area contributed by atoms with Crippen LogP contribution in [-0.2, 0) is 9.53 Å². The average molecular weight is 253 g/mol. The lowest BCUT2D eigenvalue weighted by Crippen LogP contribution is -2.51. The molecule has 3 fully saturated rings. The van der Waals surface area contributed by atoms with E-state index in [1.807, 2.05) is 0 Å². The van der Waals surface area contributed by atoms with Crippen LogP contribution >= 0.6 is 0 Å². The lowest BCUT2D eigenvalue weighted by molar-refractivity contribution is -0.157. The van der Waals surface area contributed by atoms with E-state index in [0.717, 1.165) is 18.4 Å². The minimum atomic E-state index is -0.811. The number of morpholine rings is 1. The summed E-state index contributed by atoms with van der Waals surface area (Å²) in [6.07, 6.45) is 7.50. The fourth-order valence-corrected chi connectivity index (χ4v) is 3.68. The molecule has 0 spiro atoms. The Morgan fingerprint density at radius 1 is 1.17 bits per heavy atom. The second-order valence-corrected chi connectivity index (χ2v) is 6.11. The van der Waals surface area contributed by atoms with Gasteiger partial charge in [-0.25, -0.2) is 4.79 Å². The third-order valence-corrected chi connectivity index (χ3v) is 4.87. The van der Waals surface area contributed by atoms with Gasteiger partial charge in [0.2, 0.25) is 0 Å². The monoisotopic (exact) mass is 253 g/mol. The van der Waals surface area contributed by atoms with Crippen molar-refractivity contribution >= 4 is 5.97 Å². The Balaban J connectivity index is 1.57. The number of ether oxygens (including phenoxy) is 1. The van der Waals surface area contributed by atoms with Crippen LogP contribution < -0.4 is 0 Å². The van der Waals surface area contributed by atoms with Crippen molar-refractivity contribution in [2.45, 2.75) is 50.7 Å². The summed E-state index contributed by atoms with van der Waals surface area (Å²) in [4.78, 5) is 13.4. The predicted octanol–water partition coefficient (Wildman–Crippen LogP) is 1.74. The van der Waals surface area contributed by atoms with E-state index in [1.165, 1.54) is 38.5 Å². The Morgan fingerprint density at radius 2 is 2.00 bits per heavy atom. The van der Waals surface area contributed by atoms with E-state index >= 15 is 0 Å². The Bertz CT molecular complexity index is 316. The molecule has 1 aliphatic heterocycles. The maximum Gasteiger partial charge on any atom is 0.334 e. The molecular weight excluding hydrogens is 230 g/mol. The molecular formula is C14H23NO3. The molecule has 4 heteroatoms. The number of carbonyl (C=O) groups is 1. The van der Waals surface area contributed by atoms with E-state index in [2.05, 4.69) is 4.90 Å². The summed E-state index contributed by atoms with van der Waals surface area (Å²) in [6, 6.07) is 0.607. The van der Waals surface area contributed by atoms with Crippen LogP contribution in [0.25, 0.3) is 0 Å². The number of aliphatic carboxylic acids is 1. The van der Waals surface area contributed by atoms with Gasteiger partial charge in [0, 0.05) is 19.1 Å². The Labute approximate surface area is 108 Å².